The van der Waals surface area contributed by atoms with Crippen molar-refractivity contribution in [2.24, 2.45) is 11.1 Å². The molecule has 1 aromatic rings. The van der Waals surface area contributed by atoms with E-state index in [9.17, 15) is 9.18 Å². The van der Waals surface area contributed by atoms with Gasteiger partial charge >= 0.3 is 0 Å². The van der Waals surface area contributed by atoms with E-state index < -0.39 is 5.82 Å². The van der Waals surface area contributed by atoms with Crippen molar-refractivity contribution < 1.29 is 9.18 Å². The Kier molecular flexibility index (Phi) is 7.10. The largest absolute Gasteiger partial charge is 0.330 e. The predicted octanol–water partition coefficient (Wildman–Crippen LogP) is 4.25. The Morgan fingerprint density at radius 2 is 2.00 bits per heavy atom. The summed E-state index contributed by atoms with van der Waals surface area (Å²) in [6, 6.07) is 4.61. The van der Waals surface area contributed by atoms with Crippen LogP contribution in [-0.4, -0.2) is 12.5 Å². The maximum atomic E-state index is 13.7. The molecule has 0 heterocycles. The molecule has 21 heavy (non-hydrogen) atoms. The highest BCUT2D eigenvalue weighted by Gasteiger charge is 2.33. The van der Waals surface area contributed by atoms with Crippen LogP contribution in [0.5, 0.6) is 0 Å². The fourth-order valence-electron chi connectivity index (χ4n) is 2.88. The van der Waals surface area contributed by atoms with Gasteiger partial charge in [0, 0.05) is 10.9 Å². The maximum Gasteiger partial charge on any atom is 0.225 e. The zero-order valence-electron chi connectivity index (χ0n) is 11.8. The summed E-state index contributed by atoms with van der Waals surface area (Å²) in [6.45, 7) is 0.517. The van der Waals surface area contributed by atoms with Gasteiger partial charge in [-0.25, -0.2) is 4.39 Å². The van der Waals surface area contributed by atoms with E-state index in [1.54, 1.807) is 12.1 Å². The van der Waals surface area contributed by atoms with Crippen molar-refractivity contribution in [3.05, 3.63) is 28.5 Å². The van der Waals surface area contributed by atoms with Gasteiger partial charge < -0.3 is 11.1 Å². The van der Waals surface area contributed by atoms with Gasteiger partial charge in [0.25, 0.3) is 0 Å². The standard InChI is InChI=1S/C15H20BrFN2O.ClH/c16-11-4-5-13(12(17)8-11)19-14(20)9-15(10-18)6-2-1-3-7-15;/h4-5,8H,1-3,6-7,9-10,18H2,(H,19,20);1H. The van der Waals surface area contributed by atoms with Gasteiger partial charge in [0.15, 0.2) is 0 Å². The maximum absolute atomic E-state index is 13.7. The highest BCUT2D eigenvalue weighted by Crippen LogP contribution is 2.38. The van der Waals surface area contributed by atoms with Crippen molar-refractivity contribution >= 4 is 39.9 Å². The van der Waals surface area contributed by atoms with Crippen LogP contribution >= 0.6 is 28.3 Å². The first-order valence-corrected chi connectivity index (χ1v) is 7.79. The van der Waals surface area contributed by atoms with E-state index in [-0.39, 0.29) is 29.4 Å². The zero-order valence-corrected chi connectivity index (χ0v) is 14.2. The molecule has 3 nitrogen and oxygen atoms in total. The van der Waals surface area contributed by atoms with Crippen molar-refractivity contribution in [1.29, 1.82) is 0 Å². The summed E-state index contributed by atoms with van der Waals surface area (Å²) in [4.78, 5) is 12.1. The summed E-state index contributed by atoms with van der Waals surface area (Å²) in [5.74, 6) is -0.586. The van der Waals surface area contributed by atoms with E-state index in [0.717, 1.165) is 25.7 Å². The Morgan fingerprint density at radius 3 is 2.57 bits per heavy atom. The van der Waals surface area contributed by atoms with Gasteiger partial charge in [0.1, 0.15) is 5.82 Å². The first kappa shape index (κ1) is 18.4. The van der Waals surface area contributed by atoms with Gasteiger partial charge in [-0.3, -0.25) is 4.79 Å². The summed E-state index contributed by atoms with van der Waals surface area (Å²) in [5.41, 5.74) is 5.99. The van der Waals surface area contributed by atoms with E-state index in [4.69, 9.17) is 5.73 Å². The van der Waals surface area contributed by atoms with Crippen LogP contribution < -0.4 is 11.1 Å². The summed E-state index contributed by atoms with van der Waals surface area (Å²) in [5, 5.41) is 2.65. The number of hydrogen-bond acceptors (Lipinski definition) is 2. The van der Waals surface area contributed by atoms with E-state index in [1.165, 1.54) is 12.5 Å². The van der Waals surface area contributed by atoms with Crippen LogP contribution in [-0.2, 0) is 4.79 Å². The fraction of sp³-hybridized carbons (Fsp3) is 0.533. The second-order valence-corrected chi connectivity index (χ2v) is 6.53. The number of benzene rings is 1. The molecule has 1 saturated carbocycles. The topological polar surface area (TPSA) is 55.1 Å². The molecule has 2 rings (SSSR count). The quantitative estimate of drug-likeness (QED) is 0.822. The van der Waals surface area contributed by atoms with Gasteiger partial charge in [0.05, 0.1) is 5.69 Å². The van der Waals surface area contributed by atoms with Crippen LogP contribution in [0.1, 0.15) is 38.5 Å². The minimum atomic E-state index is -0.432. The first-order chi connectivity index (χ1) is 9.54. The smallest absolute Gasteiger partial charge is 0.225 e. The van der Waals surface area contributed by atoms with Gasteiger partial charge in [-0.1, -0.05) is 35.2 Å². The third-order valence-corrected chi connectivity index (χ3v) is 4.58. The van der Waals surface area contributed by atoms with Crippen LogP contribution in [0.15, 0.2) is 22.7 Å². The third-order valence-electron chi connectivity index (χ3n) is 4.09. The number of nitrogens with one attached hydrogen (secondary N) is 1. The summed E-state index contributed by atoms with van der Waals surface area (Å²) < 4.78 is 14.3. The SMILES string of the molecule is Cl.NCC1(CC(=O)Nc2ccc(Br)cc2F)CCCCC1. The number of amides is 1. The van der Waals surface area contributed by atoms with Crippen LogP contribution in [0.2, 0.25) is 0 Å². The molecule has 1 aromatic carbocycles. The molecule has 0 aliphatic heterocycles. The Labute approximate surface area is 139 Å². The second-order valence-electron chi connectivity index (χ2n) is 5.61. The molecule has 0 bridgehead atoms. The molecule has 118 valence electrons. The third kappa shape index (κ3) is 4.94. The molecule has 1 fully saturated rings. The molecule has 1 aliphatic rings. The molecule has 0 spiro atoms. The highest BCUT2D eigenvalue weighted by molar-refractivity contribution is 9.10. The van der Waals surface area contributed by atoms with E-state index >= 15 is 0 Å². The minimum absolute atomic E-state index is 0. The molecule has 6 heteroatoms. The first-order valence-electron chi connectivity index (χ1n) is 7.00. The fourth-order valence-corrected chi connectivity index (χ4v) is 3.21. The predicted molar refractivity (Wildman–Crippen MR) is 89.2 cm³/mol. The van der Waals surface area contributed by atoms with Crippen LogP contribution in [0, 0.1) is 11.2 Å². The van der Waals surface area contributed by atoms with Crippen molar-refractivity contribution in [2.75, 3.05) is 11.9 Å². The Hall–Kier alpha value is -0.650. The Morgan fingerprint density at radius 1 is 1.33 bits per heavy atom. The number of anilines is 1. The molecular weight excluding hydrogens is 359 g/mol. The molecule has 0 atom stereocenters. The van der Waals surface area contributed by atoms with Gasteiger partial charge in [0.2, 0.25) is 5.91 Å². The van der Waals surface area contributed by atoms with E-state index in [0.29, 0.717) is 17.4 Å². The second kappa shape index (κ2) is 8.11. The van der Waals surface area contributed by atoms with Crippen LogP contribution in [0.4, 0.5) is 10.1 Å². The number of carbonyl (C=O) groups is 1. The summed E-state index contributed by atoms with van der Waals surface area (Å²) in [7, 11) is 0. The van der Waals surface area contributed by atoms with E-state index in [2.05, 4.69) is 21.2 Å². The van der Waals surface area contributed by atoms with Crippen molar-refractivity contribution in [1.82, 2.24) is 0 Å². The Bertz CT molecular complexity index is 493. The van der Waals surface area contributed by atoms with Gasteiger partial charge in [-0.2, -0.15) is 0 Å². The number of halogens is 3. The summed E-state index contributed by atoms with van der Waals surface area (Å²) >= 11 is 3.19. The zero-order chi connectivity index (χ0) is 14.6. The highest BCUT2D eigenvalue weighted by atomic mass is 79.9. The lowest BCUT2D eigenvalue weighted by atomic mass is 9.71. The molecule has 0 radical (unpaired) electrons. The van der Waals surface area contributed by atoms with Crippen molar-refractivity contribution in [3.63, 3.8) is 0 Å². The lowest BCUT2D eigenvalue weighted by Gasteiger charge is -2.35. The number of hydrogen-bond donors (Lipinski definition) is 2. The Balaban J connectivity index is 0.00000220. The lowest BCUT2D eigenvalue weighted by Crippen LogP contribution is -2.36. The van der Waals surface area contributed by atoms with Gasteiger partial charge in [-0.15, -0.1) is 12.4 Å². The van der Waals surface area contributed by atoms with Crippen molar-refractivity contribution in [2.45, 2.75) is 38.5 Å². The average Bonchev–Trinajstić information content (AvgIpc) is 2.43. The number of rotatable bonds is 4. The molecular formula is C15H21BrClFN2O. The summed E-state index contributed by atoms with van der Waals surface area (Å²) in [6.07, 6.45) is 5.80. The number of nitrogens with two attached hydrogens (primary N) is 1. The molecule has 0 aromatic heterocycles. The molecule has 1 amide bonds. The normalized spacial score (nSPS) is 16.9. The van der Waals surface area contributed by atoms with Crippen LogP contribution in [0.25, 0.3) is 0 Å². The molecule has 3 N–H and O–H groups in total. The van der Waals surface area contributed by atoms with E-state index in [1.807, 2.05) is 0 Å². The molecule has 0 unspecified atom stereocenters. The monoisotopic (exact) mass is 378 g/mol. The average molecular weight is 380 g/mol. The van der Waals surface area contributed by atoms with Crippen LogP contribution in [0.3, 0.4) is 0 Å². The molecule has 1 aliphatic carbocycles. The number of carbonyl (C=O) groups excluding carboxylic acids is 1. The molecule has 0 saturated heterocycles. The minimum Gasteiger partial charge on any atom is -0.330 e. The lowest BCUT2D eigenvalue weighted by molar-refractivity contribution is -0.118. The van der Waals surface area contributed by atoms with Gasteiger partial charge in [-0.05, 0) is 43.0 Å². The van der Waals surface area contributed by atoms with Crippen molar-refractivity contribution in [3.8, 4) is 0 Å².